The molecule has 1 saturated carbocycles. The van der Waals surface area contributed by atoms with E-state index >= 15 is 0 Å². The average molecular weight is 329 g/mol. The molecule has 1 saturated heterocycles. The van der Waals surface area contributed by atoms with Crippen LogP contribution in [0.15, 0.2) is 30.9 Å². The third-order valence-electron chi connectivity index (χ3n) is 4.85. The molecule has 126 valence electrons. The maximum Gasteiger partial charge on any atom is 0.164 e. The molecule has 2 aromatic rings. The first kappa shape index (κ1) is 15.3. The van der Waals surface area contributed by atoms with Gasteiger partial charge in [-0.2, -0.15) is 0 Å². The van der Waals surface area contributed by atoms with Crippen LogP contribution in [0.3, 0.4) is 0 Å². The van der Waals surface area contributed by atoms with Gasteiger partial charge in [-0.3, -0.25) is 4.98 Å². The van der Waals surface area contributed by atoms with E-state index in [4.69, 9.17) is 0 Å². The van der Waals surface area contributed by atoms with Crippen molar-refractivity contribution >= 4 is 11.5 Å². The minimum atomic E-state index is -0.321. The van der Waals surface area contributed by atoms with Gasteiger partial charge in [-0.25, -0.2) is 14.4 Å². The van der Waals surface area contributed by atoms with Crippen molar-refractivity contribution in [3.63, 3.8) is 0 Å². The smallest absolute Gasteiger partial charge is 0.164 e. The molecule has 1 atom stereocenters. The highest BCUT2D eigenvalue weighted by Crippen LogP contribution is 2.38. The average Bonchev–Trinajstić information content (AvgIpc) is 2.99. The van der Waals surface area contributed by atoms with Crippen molar-refractivity contribution in [1.82, 2.24) is 15.0 Å². The van der Waals surface area contributed by atoms with Gasteiger partial charge in [-0.05, 0) is 25.3 Å². The Morgan fingerprint density at radius 2 is 2.17 bits per heavy atom. The summed E-state index contributed by atoms with van der Waals surface area (Å²) >= 11 is 0. The van der Waals surface area contributed by atoms with Gasteiger partial charge in [0, 0.05) is 43.0 Å². The molecule has 6 nitrogen and oxygen atoms in total. The van der Waals surface area contributed by atoms with Gasteiger partial charge < -0.3 is 15.3 Å². The minimum Gasteiger partial charge on any atom is -0.391 e. The summed E-state index contributed by atoms with van der Waals surface area (Å²) in [5.74, 6) is 0.924. The number of pyridine rings is 1. The second kappa shape index (κ2) is 6.32. The Labute approximate surface area is 139 Å². The second-order valence-electron chi connectivity index (χ2n) is 6.55. The van der Waals surface area contributed by atoms with Crippen molar-refractivity contribution in [3.05, 3.63) is 42.4 Å². The molecule has 2 aliphatic rings. The van der Waals surface area contributed by atoms with Gasteiger partial charge in [-0.1, -0.05) is 0 Å². The first-order chi connectivity index (χ1) is 11.7. The number of hydrogen-bond acceptors (Lipinski definition) is 6. The van der Waals surface area contributed by atoms with Crippen LogP contribution in [-0.2, 0) is 0 Å². The van der Waals surface area contributed by atoms with E-state index in [1.54, 1.807) is 18.6 Å². The van der Waals surface area contributed by atoms with E-state index in [1.165, 1.54) is 6.20 Å². The van der Waals surface area contributed by atoms with Crippen LogP contribution in [0, 0.1) is 5.82 Å². The van der Waals surface area contributed by atoms with Crippen LogP contribution in [0.4, 0.5) is 15.9 Å². The topological polar surface area (TPSA) is 74.2 Å². The van der Waals surface area contributed by atoms with Crippen molar-refractivity contribution in [3.8, 4) is 0 Å². The normalized spacial score (nSPS) is 26.2. The summed E-state index contributed by atoms with van der Waals surface area (Å²) in [6, 6.07) is 3.93. The molecule has 1 aliphatic carbocycles. The molecule has 0 amide bonds. The van der Waals surface area contributed by atoms with Crippen molar-refractivity contribution < 1.29 is 9.50 Å². The Morgan fingerprint density at radius 3 is 2.92 bits per heavy atom. The van der Waals surface area contributed by atoms with Gasteiger partial charge in [0.05, 0.1) is 18.0 Å². The molecule has 4 rings (SSSR count). The van der Waals surface area contributed by atoms with Gasteiger partial charge in [0.2, 0.25) is 0 Å². The number of β-amino-alcohol motifs (C(OH)–C–C–N with tert-alkyl or cyclic N) is 1. The molecule has 0 radical (unpaired) electrons. The highest BCUT2D eigenvalue weighted by molar-refractivity contribution is 5.45. The third kappa shape index (κ3) is 3.03. The maximum atomic E-state index is 13.6. The Bertz CT molecular complexity index is 722. The first-order valence-electron chi connectivity index (χ1n) is 8.30. The molecule has 2 fully saturated rings. The fourth-order valence-corrected chi connectivity index (χ4v) is 3.40. The molecule has 0 aromatic carbocycles. The lowest BCUT2D eigenvalue weighted by Crippen LogP contribution is -2.35. The van der Waals surface area contributed by atoms with Crippen LogP contribution in [0.1, 0.15) is 30.9 Å². The fraction of sp³-hybridized carbons (Fsp3) is 0.471. The van der Waals surface area contributed by atoms with Crippen molar-refractivity contribution in [1.29, 1.82) is 0 Å². The van der Waals surface area contributed by atoms with E-state index in [-0.39, 0.29) is 18.0 Å². The fourth-order valence-electron chi connectivity index (χ4n) is 3.40. The van der Waals surface area contributed by atoms with E-state index < -0.39 is 0 Å². The molecular formula is C17H20FN5O. The highest BCUT2D eigenvalue weighted by atomic mass is 19.1. The number of nitrogens with one attached hydrogen (secondary N) is 1. The van der Waals surface area contributed by atoms with E-state index in [1.807, 2.05) is 6.07 Å². The monoisotopic (exact) mass is 329 g/mol. The zero-order chi connectivity index (χ0) is 16.5. The van der Waals surface area contributed by atoms with E-state index in [9.17, 15) is 9.50 Å². The number of halogens is 1. The van der Waals surface area contributed by atoms with Crippen molar-refractivity contribution in [2.24, 2.45) is 0 Å². The van der Waals surface area contributed by atoms with Crippen molar-refractivity contribution in [2.45, 2.75) is 37.3 Å². The second-order valence-corrected chi connectivity index (χ2v) is 6.55. The zero-order valence-corrected chi connectivity index (χ0v) is 13.3. The van der Waals surface area contributed by atoms with Gasteiger partial charge >= 0.3 is 0 Å². The standard InChI is InChI=1S/C17H20FN5O/c18-14-8-19-3-1-15(14)22-12-5-11(6-12)16-7-17(21-10-20-16)23-4-2-13(24)9-23/h1,3,7-8,10-13,24H,2,4-6,9H2,(H,19,22)/t11?,12?,13-/m1/s1. The summed E-state index contributed by atoms with van der Waals surface area (Å²) in [5.41, 5.74) is 1.53. The van der Waals surface area contributed by atoms with Crippen LogP contribution in [0.5, 0.6) is 0 Å². The summed E-state index contributed by atoms with van der Waals surface area (Å²) in [4.78, 5) is 14.6. The molecule has 1 aliphatic heterocycles. The summed E-state index contributed by atoms with van der Waals surface area (Å²) < 4.78 is 13.6. The molecule has 2 N–H and O–H groups in total. The number of hydrogen-bond donors (Lipinski definition) is 2. The van der Waals surface area contributed by atoms with Crippen molar-refractivity contribution in [2.75, 3.05) is 23.3 Å². The number of aliphatic hydroxyl groups is 1. The van der Waals surface area contributed by atoms with E-state index in [2.05, 4.69) is 25.2 Å². The Morgan fingerprint density at radius 1 is 1.29 bits per heavy atom. The number of aliphatic hydroxyl groups excluding tert-OH is 1. The van der Waals surface area contributed by atoms with E-state index in [0.717, 1.165) is 37.3 Å². The lowest BCUT2D eigenvalue weighted by Gasteiger charge is -2.36. The van der Waals surface area contributed by atoms with Crippen LogP contribution in [0.25, 0.3) is 0 Å². The van der Waals surface area contributed by atoms with Gasteiger partial charge in [0.25, 0.3) is 0 Å². The minimum absolute atomic E-state index is 0.249. The molecule has 2 aromatic heterocycles. The molecule has 0 bridgehead atoms. The highest BCUT2D eigenvalue weighted by Gasteiger charge is 2.32. The van der Waals surface area contributed by atoms with Crippen LogP contribution in [0.2, 0.25) is 0 Å². The predicted octanol–water partition coefficient (Wildman–Crippen LogP) is 1.94. The number of aromatic nitrogens is 3. The van der Waals surface area contributed by atoms with Crippen LogP contribution in [-0.4, -0.2) is 45.3 Å². The molecular weight excluding hydrogens is 309 g/mol. The molecule has 0 spiro atoms. The Hall–Kier alpha value is -2.28. The van der Waals surface area contributed by atoms with E-state index in [0.29, 0.717) is 18.2 Å². The first-order valence-corrected chi connectivity index (χ1v) is 8.30. The maximum absolute atomic E-state index is 13.6. The molecule has 0 unspecified atom stereocenters. The predicted molar refractivity (Wildman–Crippen MR) is 88.4 cm³/mol. The van der Waals surface area contributed by atoms with Crippen LogP contribution >= 0.6 is 0 Å². The SMILES string of the molecule is O[C@@H]1CCN(c2cc(C3CC(Nc4ccncc4F)C3)ncn2)C1. The molecule has 24 heavy (non-hydrogen) atoms. The van der Waals surface area contributed by atoms with Gasteiger partial charge in [0.1, 0.15) is 12.1 Å². The third-order valence-corrected chi connectivity index (χ3v) is 4.85. The van der Waals surface area contributed by atoms with Crippen LogP contribution < -0.4 is 10.2 Å². The number of nitrogens with zero attached hydrogens (tertiary/aromatic N) is 4. The Kier molecular flexibility index (Phi) is 4.02. The Balaban J connectivity index is 1.38. The number of rotatable bonds is 4. The summed E-state index contributed by atoms with van der Waals surface area (Å²) in [7, 11) is 0. The number of anilines is 2. The molecule has 7 heteroatoms. The quantitative estimate of drug-likeness (QED) is 0.893. The lowest BCUT2D eigenvalue weighted by molar-refractivity contribution is 0.198. The summed E-state index contributed by atoms with van der Waals surface area (Å²) in [5, 5.41) is 12.9. The van der Waals surface area contributed by atoms with Gasteiger partial charge in [0.15, 0.2) is 5.82 Å². The molecule has 3 heterocycles. The van der Waals surface area contributed by atoms with Gasteiger partial charge in [-0.15, -0.1) is 0 Å². The summed E-state index contributed by atoms with van der Waals surface area (Å²) in [6.07, 6.45) is 6.76. The lowest BCUT2D eigenvalue weighted by atomic mass is 9.78. The summed E-state index contributed by atoms with van der Waals surface area (Å²) in [6.45, 7) is 1.46. The largest absolute Gasteiger partial charge is 0.391 e. The zero-order valence-electron chi connectivity index (χ0n) is 13.3.